The van der Waals surface area contributed by atoms with E-state index in [2.05, 4.69) is 13.2 Å². The van der Waals surface area contributed by atoms with E-state index < -0.39 is 18.0 Å². The van der Waals surface area contributed by atoms with Gasteiger partial charge in [-0.25, -0.2) is 9.59 Å². The van der Waals surface area contributed by atoms with Crippen molar-refractivity contribution in [2.45, 2.75) is 26.4 Å². The summed E-state index contributed by atoms with van der Waals surface area (Å²) in [5.74, 6) is -0.212. The zero-order chi connectivity index (χ0) is 20.4. The van der Waals surface area contributed by atoms with Crippen LogP contribution in [0.4, 0.5) is 0 Å². The van der Waals surface area contributed by atoms with Gasteiger partial charge in [-0.1, -0.05) is 49.6 Å². The number of hydrogen-bond donors (Lipinski definition) is 0. The minimum Gasteiger partial charge on any atom is -0.422 e. The molecule has 5 nitrogen and oxygen atoms in total. The second-order valence-corrected chi connectivity index (χ2v) is 6.72. The van der Waals surface area contributed by atoms with Crippen molar-refractivity contribution >= 4 is 22.7 Å². The van der Waals surface area contributed by atoms with Gasteiger partial charge in [0.25, 0.3) is 0 Å². The molecule has 0 radical (unpaired) electrons. The van der Waals surface area contributed by atoms with Crippen molar-refractivity contribution in [1.29, 1.82) is 0 Å². The molecule has 0 aliphatic heterocycles. The number of hydrogen-bond acceptors (Lipinski definition) is 5. The molecule has 0 aromatic heterocycles. The van der Waals surface area contributed by atoms with Crippen LogP contribution in [-0.4, -0.2) is 19.0 Å². The molecule has 1 unspecified atom stereocenters. The van der Waals surface area contributed by atoms with E-state index in [1.54, 1.807) is 21.0 Å². The number of carbonyl (C=O) groups is 2. The third kappa shape index (κ3) is 3.49. The fourth-order valence-corrected chi connectivity index (χ4v) is 3.14. The molecule has 1 atom stereocenters. The summed E-state index contributed by atoms with van der Waals surface area (Å²) in [5, 5.41) is 1.32. The van der Waals surface area contributed by atoms with E-state index in [0.29, 0.717) is 39.8 Å². The molecular formula is C23H22O5. The number of allylic oxidation sites excluding steroid dienone is 1. The molecule has 1 aliphatic carbocycles. The summed E-state index contributed by atoms with van der Waals surface area (Å²) < 4.78 is 17.0. The summed E-state index contributed by atoms with van der Waals surface area (Å²) in [4.78, 5) is 24.6. The van der Waals surface area contributed by atoms with E-state index in [0.717, 1.165) is 5.56 Å². The van der Waals surface area contributed by atoms with Crippen LogP contribution in [0, 0.1) is 0 Å². The number of carbonyl (C=O) groups excluding carboxylic acids is 2. The lowest BCUT2D eigenvalue weighted by atomic mass is 9.89. The average molecular weight is 378 g/mol. The van der Waals surface area contributed by atoms with E-state index >= 15 is 0 Å². The average Bonchev–Trinajstić information content (AvgIpc) is 2.69. The smallest absolute Gasteiger partial charge is 0.338 e. The number of fused-ring (bicyclic) bond motifs is 2. The molecule has 3 rings (SSSR count). The maximum Gasteiger partial charge on any atom is 0.338 e. The lowest BCUT2D eigenvalue weighted by Crippen LogP contribution is -2.17. The van der Waals surface area contributed by atoms with Gasteiger partial charge in [0, 0.05) is 40.2 Å². The second kappa shape index (κ2) is 7.82. The molecule has 2 aromatic rings. The van der Waals surface area contributed by atoms with Gasteiger partial charge < -0.3 is 14.2 Å². The van der Waals surface area contributed by atoms with Crippen LogP contribution in [0.25, 0.3) is 10.8 Å². The third-order valence-corrected chi connectivity index (χ3v) is 4.52. The predicted molar refractivity (Wildman–Crippen MR) is 107 cm³/mol. The number of benzene rings is 2. The van der Waals surface area contributed by atoms with Crippen LogP contribution in [-0.2, 0) is 20.7 Å². The molecule has 0 amide bonds. The molecular weight excluding hydrogens is 356 g/mol. The SMILES string of the molecule is C=C(C)C(=O)Oc1c2c(c(OC(=O)C(=C)C)c3ccccc13)C(OC)C=CC2. The van der Waals surface area contributed by atoms with Gasteiger partial charge in [-0.2, -0.15) is 0 Å². The van der Waals surface area contributed by atoms with E-state index in [1.807, 2.05) is 36.4 Å². The molecule has 144 valence electrons. The molecule has 0 fully saturated rings. The highest BCUT2D eigenvalue weighted by Gasteiger charge is 2.30. The van der Waals surface area contributed by atoms with Crippen LogP contribution in [0.2, 0.25) is 0 Å². The summed E-state index contributed by atoms with van der Waals surface area (Å²) in [7, 11) is 1.57. The Morgan fingerprint density at radius 3 is 2.04 bits per heavy atom. The van der Waals surface area contributed by atoms with E-state index in [1.165, 1.54) is 0 Å². The summed E-state index contributed by atoms with van der Waals surface area (Å²) in [5.41, 5.74) is 2.00. The van der Waals surface area contributed by atoms with Crippen LogP contribution in [0.1, 0.15) is 31.1 Å². The molecule has 1 aliphatic rings. The first-order chi connectivity index (χ1) is 13.3. The van der Waals surface area contributed by atoms with Gasteiger partial charge in [-0.3, -0.25) is 0 Å². The molecule has 0 spiro atoms. The van der Waals surface area contributed by atoms with Gasteiger partial charge in [0.1, 0.15) is 17.6 Å². The van der Waals surface area contributed by atoms with Crippen molar-refractivity contribution in [1.82, 2.24) is 0 Å². The molecule has 0 bridgehead atoms. The Bertz CT molecular complexity index is 1030. The van der Waals surface area contributed by atoms with Gasteiger partial charge in [-0.05, 0) is 20.3 Å². The first kappa shape index (κ1) is 19.6. The van der Waals surface area contributed by atoms with Crippen molar-refractivity contribution in [2.75, 3.05) is 7.11 Å². The first-order valence-electron chi connectivity index (χ1n) is 8.87. The lowest BCUT2D eigenvalue weighted by molar-refractivity contribution is -0.131. The summed E-state index contributed by atoms with van der Waals surface area (Å²) in [6, 6.07) is 7.32. The van der Waals surface area contributed by atoms with Crippen LogP contribution in [0.3, 0.4) is 0 Å². The molecule has 0 saturated carbocycles. The summed E-state index contributed by atoms with van der Waals surface area (Å²) >= 11 is 0. The maximum absolute atomic E-state index is 12.3. The van der Waals surface area contributed by atoms with Gasteiger partial charge in [-0.15, -0.1) is 0 Å². The molecule has 28 heavy (non-hydrogen) atoms. The topological polar surface area (TPSA) is 61.8 Å². The zero-order valence-corrected chi connectivity index (χ0v) is 16.2. The third-order valence-electron chi connectivity index (χ3n) is 4.52. The highest BCUT2D eigenvalue weighted by Crippen LogP contribution is 2.47. The van der Waals surface area contributed by atoms with E-state index in [-0.39, 0.29) is 5.57 Å². The zero-order valence-electron chi connectivity index (χ0n) is 16.2. The van der Waals surface area contributed by atoms with Crippen LogP contribution < -0.4 is 9.47 Å². The predicted octanol–water partition coefficient (Wildman–Crippen LogP) is 4.60. The molecule has 0 saturated heterocycles. The van der Waals surface area contributed by atoms with Crippen LogP contribution >= 0.6 is 0 Å². The Morgan fingerprint density at radius 2 is 1.50 bits per heavy atom. The van der Waals surface area contributed by atoms with Gasteiger partial charge in [0.05, 0.1) is 0 Å². The minimum atomic E-state index is -0.525. The standard InChI is InChI=1S/C23H22O5/c1-13(2)22(24)27-20-15-9-6-7-10-16(15)21(28-23(25)14(3)4)19-17(20)11-8-12-18(19)26-5/h6-10,12,18H,1,3,11H2,2,4-5H3. The van der Waals surface area contributed by atoms with E-state index in [4.69, 9.17) is 14.2 Å². The Labute approximate surface area is 163 Å². The number of esters is 2. The molecule has 2 aromatic carbocycles. The summed E-state index contributed by atoms with van der Waals surface area (Å²) in [6.45, 7) is 10.5. The fraction of sp³-hybridized carbons (Fsp3) is 0.217. The van der Waals surface area contributed by atoms with Gasteiger partial charge >= 0.3 is 11.9 Å². The number of rotatable bonds is 5. The monoisotopic (exact) mass is 378 g/mol. The normalized spacial score (nSPS) is 15.0. The van der Waals surface area contributed by atoms with Crippen molar-refractivity contribution < 1.29 is 23.8 Å². The Kier molecular flexibility index (Phi) is 5.47. The Hall–Kier alpha value is -3.18. The quantitative estimate of drug-likeness (QED) is 0.329. The highest BCUT2D eigenvalue weighted by atomic mass is 16.5. The maximum atomic E-state index is 12.3. The second-order valence-electron chi connectivity index (χ2n) is 6.72. The Balaban J connectivity index is 2.34. The number of methoxy groups -OCH3 is 1. The van der Waals surface area contributed by atoms with Crippen LogP contribution in [0.15, 0.2) is 60.7 Å². The minimum absolute atomic E-state index is 0.288. The number of ether oxygens (including phenoxy) is 3. The summed E-state index contributed by atoms with van der Waals surface area (Å²) in [6.07, 6.45) is 3.90. The largest absolute Gasteiger partial charge is 0.422 e. The first-order valence-corrected chi connectivity index (χ1v) is 8.87. The molecule has 0 N–H and O–H groups in total. The van der Waals surface area contributed by atoms with Crippen molar-refractivity contribution in [3.8, 4) is 11.5 Å². The Morgan fingerprint density at radius 1 is 0.964 bits per heavy atom. The van der Waals surface area contributed by atoms with Crippen molar-refractivity contribution in [3.05, 3.63) is 71.8 Å². The van der Waals surface area contributed by atoms with Crippen molar-refractivity contribution in [2.24, 2.45) is 0 Å². The molecule has 0 heterocycles. The van der Waals surface area contributed by atoms with E-state index in [9.17, 15) is 9.59 Å². The molecule has 5 heteroatoms. The van der Waals surface area contributed by atoms with Crippen LogP contribution in [0.5, 0.6) is 11.5 Å². The fourth-order valence-electron chi connectivity index (χ4n) is 3.14. The highest BCUT2D eigenvalue weighted by molar-refractivity contribution is 6.01. The van der Waals surface area contributed by atoms with Crippen molar-refractivity contribution in [3.63, 3.8) is 0 Å². The van der Waals surface area contributed by atoms with Gasteiger partial charge in [0.2, 0.25) is 0 Å². The lowest BCUT2D eigenvalue weighted by Gasteiger charge is -2.26. The van der Waals surface area contributed by atoms with Gasteiger partial charge in [0.15, 0.2) is 0 Å².